The van der Waals surface area contributed by atoms with Crippen LogP contribution in [0.5, 0.6) is 0 Å². The molecule has 3 heterocycles. The highest BCUT2D eigenvalue weighted by Gasteiger charge is 2.76. The molecule has 2 N–H and O–H groups in total. The van der Waals surface area contributed by atoms with Gasteiger partial charge >= 0.3 is 5.97 Å². The van der Waals surface area contributed by atoms with E-state index in [-0.39, 0.29) is 49.3 Å². The van der Waals surface area contributed by atoms with Gasteiger partial charge in [-0.2, -0.15) is 0 Å². The molecule has 0 aromatic heterocycles. The van der Waals surface area contributed by atoms with Crippen molar-refractivity contribution in [3.05, 3.63) is 61.2 Å². The number of fused-ring (bicyclic) bond motifs is 1. The molecule has 11 heteroatoms. The zero-order chi connectivity index (χ0) is 36.7. The minimum absolute atomic E-state index is 0.0123. The number of nitrogens with one attached hydrogen (secondary N) is 1. The lowest BCUT2D eigenvalue weighted by atomic mass is 9.70. The summed E-state index contributed by atoms with van der Waals surface area (Å²) in [5, 5.41) is 13.7. The van der Waals surface area contributed by atoms with Crippen LogP contribution in [0.15, 0.2) is 55.6 Å². The van der Waals surface area contributed by atoms with E-state index in [1.54, 1.807) is 17.1 Å². The first-order valence-corrected chi connectivity index (χ1v) is 18.8. The number of amides is 3. The monoisotopic (exact) mass is 707 g/mol. The number of carbonyl (C=O) groups is 4. The van der Waals surface area contributed by atoms with Crippen LogP contribution in [0.1, 0.15) is 89.7 Å². The molecule has 1 aromatic rings. The number of likely N-dealkylation sites (tertiary alicyclic amines) is 1. The molecule has 1 aliphatic carbocycles. The molecular formula is C40H57N3O8. The fourth-order valence-electron chi connectivity index (χ4n) is 9.04. The number of esters is 1. The molecule has 0 radical (unpaired) electrons. The number of aliphatic hydroxyl groups is 1. The van der Waals surface area contributed by atoms with Crippen molar-refractivity contribution in [3.63, 3.8) is 0 Å². The van der Waals surface area contributed by atoms with Gasteiger partial charge < -0.3 is 34.4 Å². The van der Waals surface area contributed by atoms with E-state index in [1.165, 1.54) is 7.11 Å². The first kappa shape index (κ1) is 38.7. The van der Waals surface area contributed by atoms with Crippen molar-refractivity contribution in [1.82, 2.24) is 15.1 Å². The Bertz CT molecular complexity index is 1400. The molecule has 2 bridgehead atoms. The lowest BCUT2D eigenvalue weighted by Gasteiger charge is -2.43. The van der Waals surface area contributed by atoms with Gasteiger partial charge in [0.2, 0.25) is 17.7 Å². The molecule has 280 valence electrons. The fourth-order valence-corrected chi connectivity index (χ4v) is 9.04. The molecule has 4 aliphatic rings. The summed E-state index contributed by atoms with van der Waals surface area (Å²) in [4.78, 5) is 60.7. The minimum atomic E-state index is -1.25. The van der Waals surface area contributed by atoms with Crippen LogP contribution in [0.3, 0.4) is 0 Å². The molecule has 9 atom stereocenters. The third kappa shape index (κ3) is 7.66. The SMILES string of the molecule is C=CCCC(=O)N[C@@H](COC)[C@@H](OC(=O)[C@@H]1[C@H]2C(=O)N([C@@H](CO)[C@@H](C)CC)[C@H](C(=O)N(CC=C)C3CCCCC3)[C@]23CC[C@H]1O3)c1ccccc1. The van der Waals surface area contributed by atoms with Crippen molar-refractivity contribution in [2.45, 2.75) is 120 Å². The maximum Gasteiger partial charge on any atom is 0.313 e. The summed E-state index contributed by atoms with van der Waals surface area (Å²) in [7, 11) is 1.51. The molecule has 4 fully saturated rings. The molecule has 51 heavy (non-hydrogen) atoms. The van der Waals surface area contributed by atoms with Crippen LogP contribution >= 0.6 is 0 Å². The molecule has 0 unspecified atom stereocenters. The third-order valence-electron chi connectivity index (χ3n) is 11.7. The van der Waals surface area contributed by atoms with Gasteiger partial charge in [-0.05, 0) is 43.6 Å². The zero-order valence-corrected chi connectivity index (χ0v) is 30.5. The van der Waals surface area contributed by atoms with Crippen LogP contribution in [-0.4, -0.2) is 101 Å². The van der Waals surface area contributed by atoms with Crippen LogP contribution in [0.4, 0.5) is 0 Å². The molecule has 1 spiro atoms. The van der Waals surface area contributed by atoms with E-state index in [9.17, 15) is 24.3 Å². The lowest BCUT2D eigenvalue weighted by molar-refractivity contribution is -0.164. The highest BCUT2D eigenvalue weighted by atomic mass is 16.6. The summed E-state index contributed by atoms with van der Waals surface area (Å²) in [6.07, 6.45) is 9.05. The number of carbonyl (C=O) groups excluding carboxylic acids is 4. The van der Waals surface area contributed by atoms with E-state index in [1.807, 2.05) is 49.1 Å². The predicted molar refractivity (Wildman–Crippen MR) is 192 cm³/mol. The smallest absolute Gasteiger partial charge is 0.313 e. The van der Waals surface area contributed by atoms with Crippen LogP contribution < -0.4 is 5.32 Å². The number of hydrogen-bond acceptors (Lipinski definition) is 8. The minimum Gasteiger partial charge on any atom is -0.455 e. The second-order valence-corrected chi connectivity index (χ2v) is 14.7. The number of allylic oxidation sites excluding steroid dienone is 1. The standard InChI is InChI=1S/C40H57N3O8/c1-6-9-20-32(45)41-29(25-49-5)35(27-16-12-10-13-17-27)50-39(48)33-31-21-22-40(51-31)34(33)37(46)43(30(24-44)26(4)8-3)36(40)38(47)42(23-7-2)28-18-14-11-15-19-28/h6-7,10,12-13,16-17,26,28-31,33-36,44H,1-2,8-9,11,14-15,18-25H2,3-5H3,(H,41,45)/t26-,29-,30-,31+,33-,34-,35-,36+,40-/m0/s1. The maximum atomic E-state index is 15.0. The first-order chi connectivity index (χ1) is 24.7. The second kappa shape index (κ2) is 17.3. The van der Waals surface area contributed by atoms with Crippen molar-refractivity contribution in [3.8, 4) is 0 Å². The molecule has 5 rings (SSSR count). The summed E-state index contributed by atoms with van der Waals surface area (Å²) in [5.74, 6) is -3.48. The number of methoxy groups -OCH3 is 1. The van der Waals surface area contributed by atoms with Gasteiger partial charge in [0.1, 0.15) is 17.7 Å². The Kier molecular flexibility index (Phi) is 13.1. The average Bonchev–Trinajstić information content (AvgIpc) is 3.80. The number of rotatable bonds is 18. The first-order valence-electron chi connectivity index (χ1n) is 18.8. The summed E-state index contributed by atoms with van der Waals surface area (Å²) >= 11 is 0. The lowest BCUT2D eigenvalue weighted by Crippen LogP contribution is -2.61. The molecule has 3 saturated heterocycles. The Balaban J connectivity index is 1.52. The van der Waals surface area contributed by atoms with Crippen molar-refractivity contribution in [2.24, 2.45) is 17.8 Å². The molecule has 1 saturated carbocycles. The van der Waals surface area contributed by atoms with E-state index in [0.717, 1.165) is 32.1 Å². The van der Waals surface area contributed by atoms with Gasteiger partial charge in [-0.25, -0.2) is 0 Å². The second-order valence-electron chi connectivity index (χ2n) is 14.7. The van der Waals surface area contributed by atoms with Gasteiger partial charge in [0.25, 0.3) is 0 Å². The van der Waals surface area contributed by atoms with E-state index in [4.69, 9.17) is 14.2 Å². The Hall–Kier alpha value is -3.54. The van der Waals surface area contributed by atoms with Gasteiger partial charge in [0.05, 0.1) is 43.2 Å². The largest absolute Gasteiger partial charge is 0.455 e. The van der Waals surface area contributed by atoms with Gasteiger partial charge in [-0.1, -0.05) is 82.0 Å². The highest BCUT2D eigenvalue weighted by Crippen LogP contribution is 2.60. The van der Waals surface area contributed by atoms with Crippen LogP contribution in [0, 0.1) is 17.8 Å². The molecular weight excluding hydrogens is 650 g/mol. The predicted octanol–water partition coefficient (Wildman–Crippen LogP) is 4.50. The molecule has 3 amide bonds. The van der Waals surface area contributed by atoms with Crippen molar-refractivity contribution >= 4 is 23.7 Å². The van der Waals surface area contributed by atoms with E-state index in [0.29, 0.717) is 37.8 Å². The third-order valence-corrected chi connectivity index (χ3v) is 11.7. The number of benzene rings is 1. The van der Waals surface area contributed by atoms with Crippen LogP contribution in [-0.2, 0) is 33.4 Å². The summed E-state index contributed by atoms with van der Waals surface area (Å²) in [6.45, 7) is 11.7. The van der Waals surface area contributed by atoms with E-state index >= 15 is 0 Å². The van der Waals surface area contributed by atoms with Gasteiger partial charge in [-0.15, -0.1) is 13.2 Å². The van der Waals surface area contributed by atoms with E-state index < -0.39 is 53.7 Å². The summed E-state index contributed by atoms with van der Waals surface area (Å²) < 4.78 is 18.6. The molecule has 1 aromatic carbocycles. The Morgan fingerprint density at radius 2 is 1.86 bits per heavy atom. The Morgan fingerprint density at radius 3 is 2.49 bits per heavy atom. The Morgan fingerprint density at radius 1 is 1.14 bits per heavy atom. The number of ether oxygens (including phenoxy) is 3. The quantitative estimate of drug-likeness (QED) is 0.168. The van der Waals surface area contributed by atoms with Gasteiger partial charge in [0, 0.05) is 26.1 Å². The zero-order valence-electron chi connectivity index (χ0n) is 30.5. The van der Waals surface area contributed by atoms with Crippen molar-refractivity contribution in [2.75, 3.05) is 26.9 Å². The topological polar surface area (TPSA) is 135 Å². The number of hydrogen-bond donors (Lipinski definition) is 2. The highest BCUT2D eigenvalue weighted by molar-refractivity contribution is 5.98. The fraction of sp³-hybridized carbons (Fsp3) is 0.650. The maximum absolute atomic E-state index is 15.0. The summed E-state index contributed by atoms with van der Waals surface area (Å²) in [6, 6.07) is 6.81. The molecule has 11 nitrogen and oxygen atoms in total. The van der Waals surface area contributed by atoms with E-state index in [2.05, 4.69) is 18.5 Å². The molecule has 3 aliphatic heterocycles. The number of aliphatic hydroxyl groups excluding tert-OH is 1. The van der Waals surface area contributed by atoms with Crippen LogP contribution in [0.25, 0.3) is 0 Å². The summed E-state index contributed by atoms with van der Waals surface area (Å²) in [5.41, 5.74) is -0.585. The van der Waals surface area contributed by atoms with Gasteiger partial charge in [0.15, 0.2) is 0 Å². The van der Waals surface area contributed by atoms with Gasteiger partial charge in [-0.3, -0.25) is 19.2 Å². The van der Waals surface area contributed by atoms with Crippen molar-refractivity contribution < 1.29 is 38.5 Å². The Labute approximate surface area is 302 Å². The average molecular weight is 708 g/mol. The van der Waals surface area contributed by atoms with Crippen molar-refractivity contribution in [1.29, 1.82) is 0 Å². The number of nitrogens with zero attached hydrogens (tertiary/aromatic N) is 2. The van der Waals surface area contributed by atoms with Crippen LogP contribution in [0.2, 0.25) is 0 Å². The normalized spacial score (nSPS) is 28.0.